The van der Waals surface area contributed by atoms with Crippen molar-refractivity contribution >= 4 is 27.3 Å². The number of anilines is 2. The number of aryl methyl sites for hydroxylation is 1. The Morgan fingerprint density at radius 3 is 2.38 bits per heavy atom. The lowest BCUT2D eigenvalue weighted by Gasteiger charge is -2.10. The standard InChI is InChI=1S/C21H19FN2O4S/c1-15-5-4-6-17(13-15)24-29(26,27)18-11-9-16(10-12-18)23-21(25)14-28-20-8-3-2-7-19(20)22/h2-13,24H,14H2,1H3,(H,23,25). The molecule has 0 saturated heterocycles. The van der Waals surface area contributed by atoms with Gasteiger partial charge in [-0.3, -0.25) is 9.52 Å². The molecule has 0 saturated carbocycles. The van der Waals surface area contributed by atoms with Gasteiger partial charge >= 0.3 is 0 Å². The van der Waals surface area contributed by atoms with Crippen LogP contribution in [0.1, 0.15) is 5.56 Å². The molecule has 0 radical (unpaired) electrons. The normalized spacial score (nSPS) is 11.0. The molecule has 3 rings (SSSR count). The average Bonchev–Trinajstić information content (AvgIpc) is 2.67. The van der Waals surface area contributed by atoms with Crippen molar-refractivity contribution in [2.24, 2.45) is 0 Å². The van der Waals surface area contributed by atoms with Crippen LogP contribution in [0.4, 0.5) is 15.8 Å². The summed E-state index contributed by atoms with van der Waals surface area (Å²) in [6, 6.07) is 18.5. The van der Waals surface area contributed by atoms with Crippen LogP contribution in [0.2, 0.25) is 0 Å². The maximum Gasteiger partial charge on any atom is 0.262 e. The third-order valence-corrected chi connectivity index (χ3v) is 5.31. The maximum absolute atomic E-state index is 13.5. The summed E-state index contributed by atoms with van der Waals surface area (Å²) in [6.07, 6.45) is 0. The van der Waals surface area contributed by atoms with Gasteiger partial charge in [-0.25, -0.2) is 12.8 Å². The maximum atomic E-state index is 13.5. The van der Waals surface area contributed by atoms with Gasteiger partial charge in [-0.15, -0.1) is 0 Å². The Hall–Kier alpha value is -3.39. The van der Waals surface area contributed by atoms with E-state index in [1.165, 1.54) is 42.5 Å². The summed E-state index contributed by atoms with van der Waals surface area (Å²) in [4.78, 5) is 12.0. The van der Waals surface area contributed by atoms with Crippen molar-refractivity contribution in [3.8, 4) is 5.75 Å². The molecule has 0 fully saturated rings. The topological polar surface area (TPSA) is 84.5 Å². The molecule has 0 unspecified atom stereocenters. The van der Waals surface area contributed by atoms with Crippen molar-refractivity contribution in [1.82, 2.24) is 0 Å². The molecular formula is C21H19FN2O4S. The number of amides is 1. The van der Waals surface area contributed by atoms with Crippen LogP contribution in [0.3, 0.4) is 0 Å². The summed E-state index contributed by atoms with van der Waals surface area (Å²) >= 11 is 0. The molecule has 150 valence electrons. The summed E-state index contributed by atoms with van der Waals surface area (Å²) in [5.74, 6) is -1.08. The van der Waals surface area contributed by atoms with Gasteiger partial charge in [0.2, 0.25) is 0 Å². The minimum absolute atomic E-state index is 0.0219. The first-order chi connectivity index (χ1) is 13.8. The number of ether oxygens (including phenoxy) is 1. The molecular weight excluding hydrogens is 395 g/mol. The Balaban J connectivity index is 1.60. The van der Waals surface area contributed by atoms with Crippen molar-refractivity contribution in [2.75, 3.05) is 16.6 Å². The Morgan fingerprint density at radius 2 is 1.69 bits per heavy atom. The number of rotatable bonds is 7. The summed E-state index contributed by atoms with van der Waals surface area (Å²) < 4.78 is 46.1. The fourth-order valence-corrected chi connectivity index (χ4v) is 3.59. The second-order valence-electron chi connectivity index (χ2n) is 6.27. The molecule has 3 aromatic carbocycles. The number of benzene rings is 3. The second-order valence-corrected chi connectivity index (χ2v) is 7.95. The molecule has 0 heterocycles. The van der Waals surface area contributed by atoms with E-state index in [0.717, 1.165) is 5.56 Å². The minimum Gasteiger partial charge on any atom is -0.481 e. The Kier molecular flexibility index (Phi) is 6.13. The van der Waals surface area contributed by atoms with E-state index in [1.807, 2.05) is 13.0 Å². The molecule has 0 bridgehead atoms. The van der Waals surface area contributed by atoms with E-state index in [-0.39, 0.29) is 17.3 Å². The van der Waals surface area contributed by atoms with Crippen LogP contribution in [-0.2, 0) is 14.8 Å². The molecule has 0 spiro atoms. The SMILES string of the molecule is Cc1cccc(NS(=O)(=O)c2ccc(NC(=O)COc3ccccc3F)cc2)c1. The molecule has 6 nitrogen and oxygen atoms in total. The first-order valence-corrected chi connectivity index (χ1v) is 10.2. The molecule has 0 aliphatic carbocycles. The lowest BCUT2D eigenvalue weighted by molar-refractivity contribution is -0.118. The van der Waals surface area contributed by atoms with Crippen LogP contribution in [0.15, 0.2) is 77.7 Å². The summed E-state index contributed by atoms with van der Waals surface area (Å²) in [5.41, 5.74) is 1.79. The number of hydrogen-bond acceptors (Lipinski definition) is 4. The zero-order chi connectivity index (χ0) is 20.9. The Bertz CT molecular complexity index is 1120. The fourth-order valence-electron chi connectivity index (χ4n) is 2.54. The Labute approximate surface area is 168 Å². The van der Waals surface area contributed by atoms with E-state index in [0.29, 0.717) is 11.4 Å². The van der Waals surface area contributed by atoms with Gasteiger partial charge < -0.3 is 10.1 Å². The molecule has 1 amide bonds. The van der Waals surface area contributed by atoms with Crippen LogP contribution >= 0.6 is 0 Å². The van der Waals surface area contributed by atoms with E-state index in [1.54, 1.807) is 24.3 Å². The number of hydrogen-bond donors (Lipinski definition) is 2. The number of nitrogens with one attached hydrogen (secondary N) is 2. The fraction of sp³-hybridized carbons (Fsp3) is 0.0952. The van der Waals surface area contributed by atoms with Crippen molar-refractivity contribution in [2.45, 2.75) is 11.8 Å². The lowest BCUT2D eigenvalue weighted by Crippen LogP contribution is -2.20. The average molecular weight is 414 g/mol. The number of carbonyl (C=O) groups excluding carboxylic acids is 1. The highest BCUT2D eigenvalue weighted by atomic mass is 32.2. The van der Waals surface area contributed by atoms with Gasteiger partial charge in [0.1, 0.15) is 0 Å². The number of sulfonamides is 1. The summed E-state index contributed by atoms with van der Waals surface area (Å²) in [5, 5.41) is 2.57. The predicted molar refractivity (Wildman–Crippen MR) is 109 cm³/mol. The van der Waals surface area contributed by atoms with Gasteiger partial charge in [0.25, 0.3) is 15.9 Å². The molecule has 8 heteroatoms. The Morgan fingerprint density at radius 1 is 0.966 bits per heavy atom. The van der Waals surface area contributed by atoms with Crippen LogP contribution in [-0.4, -0.2) is 20.9 Å². The van der Waals surface area contributed by atoms with Gasteiger partial charge in [-0.1, -0.05) is 24.3 Å². The number of para-hydroxylation sites is 1. The highest BCUT2D eigenvalue weighted by Gasteiger charge is 2.14. The monoisotopic (exact) mass is 414 g/mol. The van der Waals surface area contributed by atoms with Crippen molar-refractivity contribution in [1.29, 1.82) is 0 Å². The third-order valence-electron chi connectivity index (χ3n) is 3.91. The molecule has 0 atom stereocenters. The largest absolute Gasteiger partial charge is 0.481 e. The number of halogens is 1. The van der Waals surface area contributed by atoms with Crippen LogP contribution in [0, 0.1) is 12.7 Å². The third kappa shape index (κ3) is 5.55. The highest BCUT2D eigenvalue weighted by molar-refractivity contribution is 7.92. The van der Waals surface area contributed by atoms with Crippen molar-refractivity contribution in [3.05, 3.63) is 84.2 Å². The summed E-state index contributed by atoms with van der Waals surface area (Å²) in [7, 11) is -3.76. The van der Waals surface area contributed by atoms with Gasteiger partial charge in [-0.05, 0) is 61.0 Å². The first-order valence-electron chi connectivity index (χ1n) is 8.70. The van der Waals surface area contributed by atoms with Crippen LogP contribution in [0.5, 0.6) is 5.75 Å². The number of carbonyl (C=O) groups is 1. The van der Waals surface area contributed by atoms with Gasteiger partial charge in [0.05, 0.1) is 4.90 Å². The second kappa shape index (κ2) is 8.74. The molecule has 0 aliphatic heterocycles. The zero-order valence-electron chi connectivity index (χ0n) is 15.6. The molecule has 2 N–H and O–H groups in total. The molecule has 0 aliphatic rings. The highest BCUT2D eigenvalue weighted by Crippen LogP contribution is 2.19. The van der Waals surface area contributed by atoms with E-state index in [9.17, 15) is 17.6 Å². The van der Waals surface area contributed by atoms with Crippen LogP contribution in [0.25, 0.3) is 0 Å². The molecule has 0 aromatic heterocycles. The van der Waals surface area contributed by atoms with E-state index in [2.05, 4.69) is 10.0 Å². The minimum atomic E-state index is -3.76. The molecule has 29 heavy (non-hydrogen) atoms. The lowest BCUT2D eigenvalue weighted by atomic mass is 10.2. The van der Waals surface area contributed by atoms with Gasteiger partial charge in [0, 0.05) is 11.4 Å². The van der Waals surface area contributed by atoms with Crippen LogP contribution < -0.4 is 14.8 Å². The summed E-state index contributed by atoms with van der Waals surface area (Å²) in [6.45, 7) is 1.49. The van der Waals surface area contributed by atoms with E-state index in [4.69, 9.17) is 4.74 Å². The predicted octanol–water partition coefficient (Wildman–Crippen LogP) is 3.95. The molecule has 3 aromatic rings. The van der Waals surface area contributed by atoms with Gasteiger partial charge in [0.15, 0.2) is 18.2 Å². The van der Waals surface area contributed by atoms with E-state index < -0.39 is 21.7 Å². The van der Waals surface area contributed by atoms with E-state index >= 15 is 0 Å². The first kappa shape index (κ1) is 20.3. The van der Waals surface area contributed by atoms with Crippen molar-refractivity contribution < 1.29 is 22.3 Å². The quantitative estimate of drug-likeness (QED) is 0.613. The van der Waals surface area contributed by atoms with Crippen molar-refractivity contribution in [3.63, 3.8) is 0 Å². The van der Waals surface area contributed by atoms with Gasteiger partial charge in [-0.2, -0.15) is 0 Å². The smallest absolute Gasteiger partial charge is 0.262 e. The zero-order valence-corrected chi connectivity index (χ0v) is 16.4.